The predicted octanol–water partition coefficient (Wildman–Crippen LogP) is 2.12. The molecule has 29 heavy (non-hydrogen) atoms. The number of halogens is 1. The lowest BCUT2D eigenvalue weighted by atomic mass is 10.2. The van der Waals surface area contributed by atoms with Crippen LogP contribution < -0.4 is 20.3 Å². The Bertz CT molecular complexity index is 1020. The maximum atomic E-state index is 12.3. The van der Waals surface area contributed by atoms with E-state index in [4.69, 9.17) is 4.74 Å². The van der Waals surface area contributed by atoms with Crippen molar-refractivity contribution in [2.45, 2.75) is 36.8 Å². The van der Waals surface area contributed by atoms with Gasteiger partial charge in [0.15, 0.2) is 6.10 Å². The molecule has 1 saturated carbocycles. The van der Waals surface area contributed by atoms with E-state index in [9.17, 15) is 18.0 Å². The zero-order valence-corrected chi connectivity index (χ0v) is 17.9. The highest BCUT2D eigenvalue weighted by Crippen LogP contribution is 2.22. The summed E-state index contributed by atoms with van der Waals surface area (Å²) >= 11 is 3.32. The van der Waals surface area contributed by atoms with Crippen molar-refractivity contribution < 1.29 is 22.7 Å². The number of hydrazine groups is 1. The van der Waals surface area contributed by atoms with Crippen molar-refractivity contribution in [3.05, 3.63) is 58.6 Å². The molecule has 0 radical (unpaired) electrons. The Morgan fingerprint density at radius 3 is 2.52 bits per heavy atom. The van der Waals surface area contributed by atoms with Crippen LogP contribution in [0.15, 0.2) is 57.9 Å². The zero-order valence-electron chi connectivity index (χ0n) is 15.5. The standard InChI is InChI=1S/C19H20BrN3O5S/c1-12(28-16-6-3-5-14(20)11-16)18(24)21-22-19(25)13-4-2-7-17(10-13)29(26,27)23-15-8-9-15/h2-7,10-12,15,23H,8-9H2,1H3,(H,21,24)(H,22,25). The molecule has 154 valence electrons. The molecule has 2 aromatic carbocycles. The van der Waals surface area contributed by atoms with Crippen molar-refractivity contribution in [3.63, 3.8) is 0 Å². The lowest BCUT2D eigenvalue weighted by molar-refractivity contribution is -0.128. The highest BCUT2D eigenvalue weighted by Gasteiger charge is 2.28. The van der Waals surface area contributed by atoms with Crippen LogP contribution in [0.25, 0.3) is 0 Å². The van der Waals surface area contributed by atoms with E-state index in [-0.39, 0.29) is 16.5 Å². The maximum Gasteiger partial charge on any atom is 0.279 e. The van der Waals surface area contributed by atoms with Crippen LogP contribution in [0.3, 0.4) is 0 Å². The molecule has 1 atom stereocenters. The van der Waals surface area contributed by atoms with Gasteiger partial charge in [-0.3, -0.25) is 20.4 Å². The number of hydrogen-bond acceptors (Lipinski definition) is 5. The van der Waals surface area contributed by atoms with Crippen molar-refractivity contribution >= 4 is 37.8 Å². The summed E-state index contributed by atoms with van der Waals surface area (Å²) in [4.78, 5) is 24.4. The first-order chi connectivity index (χ1) is 13.7. The third-order valence-corrected chi connectivity index (χ3v) is 6.09. The highest BCUT2D eigenvalue weighted by atomic mass is 79.9. The van der Waals surface area contributed by atoms with Crippen LogP contribution in [-0.4, -0.2) is 32.4 Å². The summed E-state index contributed by atoms with van der Waals surface area (Å²) in [7, 11) is -3.68. The van der Waals surface area contributed by atoms with Gasteiger partial charge in [0.2, 0.25) is 10.0 Å². The minimum Gasteiger partial charge on any atom is -0.481 e. The molecule has 0 saturated heterocycles. The lowest BCUT2D eigenvalue weighted by Crippen LogP contribution is -2.47. The van der Waals surface area contributed by atoms with Gasteiger partial charge < -0.3 is 4.74 Å². The van der Waals surface area contributed by atoms with Crippen molar-refractivity contribution in [1.82, 2.24) is 15.6 Å². The smallest absolute Gasteiger partial charge is 0.279 e. The Morgan fingerprint density at radius 2 is 1.83 bits per heavy atom. The minimum atomic E-state index is -3.68. The lowest BCUT2D eigenvalue weighted by Gasteiger charge is -2.15. The topological polar surface area (TPSA) is 114 Å². The zero-order chi connectivity index (χ0) is 21.0. The van der Waals surface area contributed by atoms with E-state index in [1.165, 1.54) is 24.3 Å². The van der Waals surface area contributed by atoms with Crippen molar-refractivity contribution in [3.8, 4) is 5.75 Å². The van der Waals surface area contributed by atoms with E-state index < -0.39 is 27.9 Å². The second-order valence-electron chi connectivity index (χ2n) is 6.58. The van der Waals surface area contributed by atoms with Gasteiger partial charge in [0.25, 0.3) is 11.8 Å². The molecule has 3 N–H and O–H groups in total. The first-order valence-electron chi connectivity index (χ1n) is 8.89. The summed E-state index contributed by atoms with van der Waals surface area (Å²) in [6, 6.07) is 12.6. The van der Waals surface area contributed by atoms with Crippen LogP contribution >= 0.6 is 15.9 Å². The largest absolute Gasteiger partial charge is 0.481 e. The Labute approximate surface area is 177 Å². The number of benzene rings is 2. The van der Waals surface area contributed by atoms with E-state index in [0.29, 0.717) is 5.75 Å². The van der Waals surface area contributed by atoms with Gasteiger partial charge in [-0.1, -0.05) is 28.1 Å². The van der Waals surface area contributed by atoms with Gasteiger partial charge in [0.1, 0.15) is 5.75 Å². The van der Waals surface area contributed by atoms with Crippen LogP contribution in [0.5, 0.6) is 5.75 Å². The molecule has 2 aromatic rings. The Balaban J connectivity index is 1.57. The monoisotopic (exact) mass is 481 g/mol. The third kappa shape index (κ3) is 6.02. The normalized spacial score (nSPS) is 14.7. The van der Waals surface area contributed by atoms with Crippen LogP contribution in [0.4, 0.5) is 0 Å². The van der Waals surface area contributed by atoms with Crippen LogP contribution in [0.1, 0.15) is 30.1 Å². The van der Waals surface area contributed by atoms with Crippen molar-refractivity contribution in [2.24, 2.45) is 0 Å². The average Bonchev–Trinajstić information content (AvgIpc) is 3.49. The molecule has 3 rings (SSSR count). The number of nitrogens with one attached hydrogen (secondary N) is 3. The van der Waals surface area contributed by atoms with Crippen molar-refractivity contribution in [1.29, 1.82) is 0 Å². The molecule has 1 unspecified atom stereocenters. The number of carbonyl (C=O) groups is 2. The Morgan fingerprint density at radius 1 is 1.10 bits per heavy atom. The molecule has 2 amide bonds. The van der Waals surface area contributed by atoms with Gasteiger partial charge in [-0.2, -0.15) is 0 Å². The fourth-order valence-electron chi connectivity index (χ4n) is 2.38. The highest BCUT2D eigenvalue weighted by molar-refractivity contribution is 9.10. The van der Waals surface area contributed by atoms with Gasteiger partial charge in [-0.15, -0.1) is 0 Å². The molecule has 8 nitrogen and oxygen atoms in total. The molecule has 0 spiro atoms. The van der Waals surface area contributed by atoms with Crippen LogP contribution in [0, 0.1) is 0 Å². The summed E-state index contributed by atoms with van der Waals surface area (Å²) in [5, 5.41) is 0. The molecule has 1 aliphatic rings. The molecule has 0 heterocycles. The number of rotatable bonds is 7. The fourth-order valence-corrected chi connectivity index (χ4v) is 4.11. The average molecular weight is 482 g/mol. The molecular formula is C19H20BrN3O5S. The molecule has 1 aliphatic carbocycles. The summed E-state index contributed by atoms with van der Waals surface area (Å²) in [5.41, 5.74) is 4.64. The van der Waals surface area contributed by atoms with E-state index in [1.807, 2.05) is 6.07 Å². The number of amides is 2. The van der Waals surface area contributed by atoms with Gasteiger partial charge in [-0.05, 0) is 56.2 Å². The summed E-state index contributed by atoms with van der Waals surface area (Å²) in [6.45, 7) is 1.54. The summed E-state index contributed by atoms with van der Waals surface area (Å²) < 4.78 is 33.4. The number of ether oxygens (including phenoxy) is 1. The van der Waals surface area contributed by atoms with Gasteiger partial charge in [-0.25, -0.2) is 13.1 Å². The van der Waals surface area contributed by atoms with Gasteiger partial charge >= 0.3 is 0 Å². The first-order valence-corrected chi connectivity index (χ1v) is 11.2. The molecule has 0 aromatic heterocycles. The molecule has 1 fully saturated rings. The van der Waals surface area contributed by atoms with E-state index in [0.717, 1.165) is 17.3 Å². The summed E-state index contributed by atoms with van der Waals surface area (Å²) in [5.74, 6) is -0.705. The van der Waals surface area contributed by atoms with Crippen LogP contribution in [0.2, 0.25) is 0 Å². The van der Waals surface area contributed by atoms with Gasteiger partial charge in [0.05, 0.1) is 4.90 Å². The third-order valence-electron chi connectivity index (χ3n) is 4.08. The number of carbonyl (C=O) groups excluding carboxylic acids is 2. The molecule has 0 bridgehead atoms. The summed E-state index contributed by atoms with van der Waals surface area (Å²) in [6.07, 6.45) is 0.760. The molecular weight excluding hydrogens is 462 g/mol. The Kier molecular flexibility index (Phi) is 6.56. The number of hydrogen-bond donors (Lipinski definition) is 3. The van der Waals surface area contributed by atoms with E-state index in [2.05, 4.69) is 31.5 Å². The maximum absolute atomic E-state index is 12.3. The second kappa shape index (κ2) is 8.93. The SMILES string of the molecule is CC(Oc1cccc(Br)c1)C(=O)NNC(=O)c1cccc(S(=O)(=O)NC2CC2)c1. The Hall–Kier alpha value is -2.43. The van der Waals surface area contributed by atoms with E-state index >= 15 is 0 Å². The van der Waals surface area contributed by atoms with Crippen LogP contribution in [-0.2, 0) is 14.8 Å². The molecule has 0 aliphatic heterocycles. The second-order valence-corrected chi connectivity index (χ2v) is 9.21. The predicted molar refractivity (Wildman–Crippen MR) is 110 cm³/mol. The van der Waals surface area contributed by atoms with Gasteiger partial charge in [0, 0.05) is 16.1 Å². The number of sulfonamides is 1. The van der Waals surface area contributed by atoms with E-state index in [1.54, 1.807) is 25.1 Å². The quantitative estimate of drug-likeness (QED) is 0.524. The minimum absolute atomic E-state index is 0.00488. The van der Waals surface area contributed by atoms with Crippen molar-refractivity contribution in [2.75, 3.05) is 0 Å². The fraction of sp³-hybridized carbons (Fsp3) is 0.263. The molecule has 10 heteroatoms. The first kappa shape index (κ1) is 21.3.